The molecule has 3 aromatic carbocycles. The molecule has 2 heterocycles. The van der Waals surface area contributed by atoms with Crippen LogP contribution in [0.25, 0.3) is 11.0 Å². The molecule has 0 bridgehead atoms. The first-order valence-electron chi connectivity index (χ1n) is 11.7. The topological polar surface area (TPSA) is 67.2 Å². The predicted molar refractivity (Wildman–Crippen MR) is 134 cm³/mol. The Kier molecular flexibility index (Phi) is 5.88. The number of nitrogens with zero attached hydrogens (tertiary/aromatic N) is 3. The molecule has 34 heavy (non-hydrogen) atoms. The van der Waals surface area contributed by atoms with Crippen molar-refractivity contribution in [2.75, 3.05) is 11.4 Å². The van der Waals surface area contributed by atoms with E-state index in [1.807, 2.05) is 84.0 Å². The van der Waals surface area contributed by atoms with Gasteiger partial charge in [-0.3, -0.25) is 9.59 Å². The number of hydrogen-bond acceptors (Lipinski definition) is 3. The Morgan fingerprint density at radius 2 is 1.79 bits per heavy atom. The summed E-state index contributed by atoms with van der Waals surface area (Å²) in [5, 5.41) is 3.00. The molecule has 5 rings (SSSR count). The highest BCUT2D eigenvalue weighted by Gasteiger charge is 2.24. The monoisotopic (exact) mass is 452 g/mol. The van der Waals surface area contributed by atoms with Crippen molar-refractivity contribution < 1.29 is 9.59 Å². The first kappa shape index (κ1) is 21.9. The number of aromatic nitrogens is 2. The molecule has 2 amide bonds. The van der Waals surface area contributed by atoms with Crippen LogP contribution in [-0.2, 0) is 24.3 Å². The predicted octanol–water partition coefficient (Wildman–Crippen LogP) is 4.56. The van der Waals surface area contributed by atoms with Crippen LogP contribution < -0.4 is 10.2 Å². The first-order valence-corrected chi connectivity index (χ1v) is 11.7. The van der Waals surface area contributed by atoms with Crippen LogP contribution in [0.3, 0.4) is 0 Å². The Hall–Kier alpha value is -3.93. The number of aryl methyl sites for hydroxylation is 3. The molecule has 1 aliphatic rings. The highest BCUT2D eigenvalue weighted by molar-refractivity contribution is 5.96. The summed E-state index contributed by atoms with van der Waals surface area (Å²) in [7, 11) is 0. The number of carbonyl (C=O) groups excluding carboxylic acids is 2. The summed E-state index contributed by atoms with van der Waals surface area (Å²) in [4.78, 5) is 32.9. The zero-order valence-corrected chi connectivity index (χ0v) is 19.5. The summed E-state index contributed by atoms with van der Waals surface area (Å²) in [5.41, 5.74) is 6.60. The minimum absolute atomic E-state index is 0.0252. The normalized spacial score (nSPS) is 13.1. The van der Waals surface area contributed by atoms with Crippen LogP contribution in [0.5, 0.6) is 0 Å². The number of amides is 2. The molecule has 0 radical (unpaired) electrons. The lowest BCUT2D eigenvalue weighted by molar-refractivity contribution is -0.119. The van der Waals surface area contributed by atoms with Gasteiger partial charge in [0.05, 0.1) is 17.6 Å². The fraction of sp³-hybridized carbons (Fsp3) is 0.250. The number of benzene rings is 3. The summed E-state index contributed by atoms with van der Waals surface area (Å²) in [5.74, 6) is 0.544. The molecule has 1 N–H and O–H groups in total. The van der Waals surface area contributed by atoms with Gasteiger partial charge < -0.3 is 14.8 Å². The SMILES string of the molecule is Cc1ccc(C(=O)NCc2nc3ccccc3n2CC(=O)N2CCCc3ccccc32)c(C)c1. The second-order valence-corrected chi connectivity index (χ2v) is 8.88. The lowest BCUT2D eigenvalue weighted by Gasteiger charge is -2.29. The molecule has 1 aliphatic heterocycles. The van der Waals surface area contributed by atoms with E-state index in [1.165, 1.54) is 5.56 Å². The highest BCUT2D eigenvalue weighted by Crippen LogP contribution is 2.27. The smallest absolute Gasteiger partial charge is 0.251 e. The summed E-state index contributed by atoms with van der Waals surface area (Å²) >= 11 is 0. The van der Waals surface area contributed by atoms with Crippen LogP contribution in [-0.4, -0.2) is 27.9 Å². The molecule has 172 valence electrons. The molecule has 0 aliphatic carbocycles. The standard InChI is InChI=1S/C28H28N4O2/c1-19-13-14-22(20(2)16-19)28(34)29-17-26-30-23-10-4-6-12-25(23)32(26)18-27(33)31-15-7-9-21-8-3-5-11-24(21)31/h3-6,8,10-14,16H,7,9,15,17-18H2,1-2H3,(H,29,34). The largest absolute Gasteiger partial charge is 0.345 e. The van der Waals surface area contributed by atoms with Gasteiger partial charge >= 0.3 is 0 Å². The van der Waals surface area contributed by atoms with Gasteiger partial charge in [0.25, 0.3) is 5.91 Å². The van der Waals surface area contributed by atoms with Crippen molar-refractivity contribution >= 4 is 28.5 Å². The number of carbonyl (C=O) groups is 2. The van der Waals surface area contributed by atoms with Gasteiger partial charge in [0.2, 0.25) is 5.91 Å². The van der Waals surface area contributed by atoms with Crippen molar-refractivity contribution in [3.05, 3.63) is 94.8 Å². The average Bonchev–Trinajstić information content (AvgIpc) is 3.19. The molecule has 0 saturated carbocycles. The Bertz CT molecular complexity index is 1390. The Morgan fingerprint density at radius 1 is 1.00 bits per heavy atom. The molecule has 0 saturated heterocycles. The lowest BCUT2D eigenvalue weighted by atomic mass is 10.0. The van der Waals surface area contributed by atoms with E-state index >= 15 is 0 Å². The lowest BCUT2D eigenvalue weighted by Crippen LogP contribution is -2.38. The van der Waals surface area contributed by atoms with Crippen LogP contribution in [0, 0.1) is 13.8 Å². The highest BCUT2D eigenvalue weighted by atomic mass is 16.2. The molecule has 0 atom stereocenters. The molecule has 0 fully saturated rings. The van der Waals surface area contributed by atoms with Gasteiger partial charge in [-0.2, -0.15) is 0 Å². The van der Waals surface area contributed by atoms with Crippen molar-refractivity contribution in [3.63, 3.8) is 0 Å². The number of imidazole rings is 1. The number of hydrogen-bond donors (Lipinski definition) is 1. The van der Waals surface area contributed by atoms with Gasteiger partial charge in [0.15, 0.2) is 0 Å². The summed E-state index contributed by atoms with van der Waals surface area (Å²) < 4.78 is 1.93. The maximum atomic E-state index is 13.5. The third kappa shape index (κ3) is 4.19. The van der Waals surface area contributed by atoms with E-state index in [0.717, 1.165) is 40.7 Å². The van der Waals surface area contributed by atoms with Crippen molar-refractivity contribution in [1.29, 1.82) is 0 Å². The second-order valence-electron chi connectivity index (χ2n) is 8.88. The molecular weight excluding hydrogens is 424 g/mol. The minimum Gasteiger partial charge on any atom is -0.345 e. The zero-order chi connectivity index (χ0) is 23.7. The van der Waals surface area contributed by atoms with Gasteiger partial charge in [-0.05, 0) is 62.1 Å². The molecule has 6 nitrogen and oxygen atoms in total. The van der Waals surface area contributed by atoms with E-state index in [0.29, 0.717) is 17.9 Å². The van der Waals surface area contributed by atoms with Crippen molar-refractivity contribution in [3.8, 4) is 0 Å². The number of para-hydroxylation sites is 3. The maximum Gasteiger partial charge on any atom is 0.251 e. The summed E-state index contributed by atoms with van der Waals surface area (Å²) in [6, 6.07) is 21.7. The van der Waals surface area contributed by atoms with Crippen LogP contribution in [0.2, 0.25) is 0 Å². The fourth-order valence-corrected chi connectivity index (χ4v) is 4.77. The molecule has 0 unspecified atom stereocenters. The molecule has 4 aromatic rings. The van der Waals surface area contributed by atoms with E-state index in [9.17, 15) is 9.59 Å². The maximum absolute atomic E-state index is 13.5. The minimum atomic E-state index is -0.146. The van der Waals surface area contributed by atoms with Gasteiger partial charge in [-0.25, -0.2) is 4.98 Å². The Balaban J connectivity index is 1.41. The number of nitrogens with one attached hydrogen (secondary N) is 1. The zero-order valence-electron chi connectivity index (χ0n) is 19.5. The summed E-state index contributed by atoms with van der Waals surface area (Å²) in [6.07, 6.45) is 1.94. The average molecular weight is 453 g/mol. The van der Waals surface area contributed by atoms with E-state index < -0.39 is 0 Å². The molecule has 6 heteroatoms. The first-order chi connectivity index (χ1) is 16.5. The van der Waals surface area contributed by atoms with Crippen LogP contribution >= 0.6 is 0 Å². The number of rotatable bonds is 5. The van der Waals surface area contributed by atoms with Crippen LogP contribution in [0.15, 0.2) is 66.7 Å². The third-order valence-electron chi connectivity index (χ3n) is 6.47. The molecule has 0 spiro atoms. The van der Waals surface area contributed by atoms with E-state index in [2.05, 4.69) is 11.4 Å². The van der Waals surface area contributed by atoms with E-state index in [-0.39, 0.29) is 24.9 Å². The quantitative estimate of drug-likeness (QED) is 0.483. The number of anilines is 1. The third-order valence-corrected chi connectivity index (χ3v) is 6.47. The van der Waals surface area contributed by atoms with Gasteiger partial charge in [-0.1, -0.05) is 48.0 Å². The van der Waals surface area contributed by atoms with Crippen molar-refractivity contribution in [1.82, 2.24) is 14.9 Å². The Morgan fingerprint density at radius 3 is 2.65 bits per heavy atom. The van der Waals surface area contributed by atoms with Crippen molar-refractivity contribution in [2.45, 2.75) is 39.8 Å². The molecular formula is C28H28N4O2. The second kappa shape index (κ2) is 9.14. The fourth-order valence-electron chi connectivity index (χ4n) is 4.77. The van der Waals surface area contributed by atoms with E-state index in [1.54, 1.807) is 0 Å². The van der Waals surface area contributed by atoms with Crippen LogP contribution in [0.4, 0.5) is 5.69 Å². The van der Waals surface area contributed by atoms with Gasteiger partial charge in [-0.15, -0.1) is 0 Å². The van der Waals surface area contributed by atoms with Crippen molar-refractivity contribution in [2.24, 2.45) is 0 Å². The molecule has 1 aromatic heterocycles. The van der Waals surface area contributed by atoms with Crippen LogP contribution in [0.1, 0.15) is 39.3 Å². The Labute approximate surface area is 199 Å². The van der Waals surface area contributed by atoms with Gasteiger partial charge in [0, 0.05) is 17.8 Å². The number of fused-ring (bicyclic) bond motifs is 2. The van der Waals surface area contributed by atoms with E-state index in [4.69, 9.17) is 4.98 Å². The summed E-state index contributed by atoms with van der Waals surface area (Å²) in [6.45, 7) is 5.07. The van der Waals surface area contributed by atoms with Gasteiger partial charge in [0.1, 0.15) is 12.4 Å².